The fraction of sp³-hybridized carbons (Fsp3) is 0.333. The average Bonchev–Trinajstić information content (AvgIpc) is 3.54. The highest BCUT2D eigenvalue weighted by molar-refractivity contribution is 5.94. The van der Waals surface area contributed by atoms with Gasteiger partial charge in [-0.3, -0.25) is 9.69 Å². The molecular formula is C21H23N5O. The molecule has 5 rings (SSSR count). The fourth-order valence-corrected chi connectivity index (χ4v) is 4.09. The number of fused-ring (bicyclic) bond motifs is 1. The van der Waals surface area contributed by atoms with Crippen LogP contribution in [0.25, 0.3) is 22.0 Å². The summed E-state index contributed by atoms with van der Waals surface area (Å²) < 4.78 is 0. The Balaban J connectivity index is 1.45. The van der Waals surface area contributed by atoms with Crippen molar-refractivity contribution in [3.05, 3.63) is 52.8 Å². The van der Waals surface area contributed by atoms with Gasteiger partial charge < -0.3 is 10.6 Å². The maximum absolute atomic E-state index is 12.0. The van der Waals surface area contributed by atoms with E-state index in [4.69, 9.17) is 5.73 Å². The van der Waals surface area contributed by atoms with Crippen LogP contribution in [0.5, 0.6) is 0 Å². The van der Waals surface area contributed by atoms with Crippen molar-refractivity contribution in [3.63, 3.8) is 0 Å². The molecule has 0 bridgehead atoms. The number of nitrogens with zero attached hydrogens (tertiary/aromatic N) is 3. The highest BCUT2D eigenvalue weighted by Gasteiger charge is 2.31. The van der Waals surface area contributed by atoms with Gasteiger partial charge in [0.15, 0.2) is 0 Å². The van der Waals surface area contributed by atoms with Gasteiger partial charge in [-0.15, -0.1) is 0 Å². The molecule has 6 nitrogen and oxygen atoms in total. The smallest absolute Gasteiger partial charge is 0.272 e. The molecule has 2 heterocycles. The zero-order valence-electron chi connectivity index (χ0n) is 15.2. The third-order valence-electron chi connectivity index (χ3n) is 5.72. The molecule has 2 aromatic carbocycles. The van der Waals surface area contributed by atoms with Crippen LogP contribution in [-0.4, -0.2) is 47.3 Å². The Morgan fingerprint density at radius 3 is 2.44 bits per heavy atom. The Bertz CT molecular complexity index is 1050. The molecule has 0 spiro atoms. The van der Waals surface area contributed by atoms with Crippen LogP contribution in [0.15, 0.2) is 47.3 Å². The van der Waals surface area contributed by atoms with Crippen molar-refractivity contribution in [2.75, 3.05) is 36.8 Å². The number of piperazine rings is 1. The molecule has 1 aromatic heterocycles. The van der Waals surface area contributed by atoms with Gasteiger partial charge in [-0.1, -0.05) is 24.3 Å². The molecule has 3 aromatic rings. The summed E-state index contributed by atoms with van der Waals surface area (Å²) >= 11 is 0. The zero-order valence-corrected chi connectivity index (χ0v) is 15.2. The number of nitrogens with one attached hydrogen (secondary N) is 1. The number of nitrogens with two attached hydrogens (primary N) is 1. The molecule has 138 valence electrons. The van der Waals surface area contributed by atoms with Crippen molar-refractivity contribution in [3.8, 4) is 11.3 Å². The minimum Gasteiger partial charge on any atom is -0.397 e. The van der Waals surface area contributed by atoms with Gasteiger partial charge in [0, 0.05) is 43.2 Å². The first-order valence-corrected chi connectivity index (χ1v) is 9.57. The number of anilines is 2. The molecule has 1 aliphatic heterocycles. The van der Waals surface area contributed by atoms with E-state index < -0.39 is 0 Å². The van der Waals surface area contributed by atoms with Crippen LogP contribution in [0.4, 0.5) is 11.4 Å². The molecule has 0 atom stereocenters. The maximum atomic E-state index is 12.0. The van der Waals surface area contributed by atoms with E-state index in [2.05, 4.69) is 26.1 Å². The van der Waals surface area contributed by atoms with E-state index in [1.165, 1.54) is 12.8 Å². The molecule has 2 aliphatic rings. The van der Waals surface area contributed by atoms with E-state index in [9.17, 15) is 4.79 Å². The second-order valence-corrected chi connectivity index (χ2v) is 7.47. The van der Waals surface area contributed by atoms with Gasteiger partial charge >= 0.3 is 0 Å². The highest BCUT2D eigenvalue weighted by Crippen LogP contribution is 2.33. The lowest BCUT2D eigenvalue weighted by molar-refractivity contribution is 0.248. The molecule has 1 saturated carbocycles. The van der Waals surface area contributed by atoms with Gasteiger partial charge in [0.2, 0.25) is 0 Å². The summed E-state index contributed by atoms with van der Waals surface area (Å²) in [6, 6.07) is 14.4. The van der Waals surface area contributed by atoms with Gasteiger partial charge in [-0.05, 0) is 31.0 Å². The van der Waals surface area contributed by atoms with Crippen LogP contribution in [0.3, 0.4) is 0 Å². The number of nitrogen functional groups attached to an aromatic ring is 1. The van der Waals surface area contributed by atoms with E-state index in [-0.39, 0.29) is 5.56 Å². The van der Waals surface area contributed by atoms with Gasteiger partial charge in [0.1, 0.15) is 0 Å². The lowest BCUT2D eigenvalue weighted by atomic mass is 10.0. The molecule has 3 N–H and O–H groups in total. The molecule has 27 heavy (non-hydrogen) atoms. The van der Waals surface area contributed by atoms with Gasteiger partial charge in [-0.25, -0.2) is 5.10 Å². The highest BCUT2D eigenvalue weighted by atomic mass is 16.1. The van der Waals surface area contributed by atoms with Crippen molar-refractivity contribution in [1.29, 1.82) is 0 Å². The lowest BCUT2D eigenvalue weighted by Gasteiger charge is -2.36. The van der Waals surface area contributed by atoms with Crippen LogP contribution < -0.4 is 16.2 Å². The fourth-order valence-electron chi connectivity index (χ4n) is 4.09. The summed E-state index contributed by atoms with van der Waals surface area (Å²) in [4.78, 5) is 17.0. The van der Waals surface area contributed by atoms with E-state index in [1.54, 1.807) is 0 Å². The van der Waals surface area contributed by atoms with Crippen molar-refractivity contribution in [2.24, 2.45) is 0 Å². The lowest BCUT2D eigenvalue weighted by Crippen LogP contribution is -2.47. The maximum Gasteiger partial charge on any atom is 0.272 e. The average molecular weight is 361 g/mol. The summed E-state index contributed by atoms with van der Waals surface area (Å²) in [7, 11) is 0. The summed E-state index contributed by atoms with van der Waals surface area (Å²) in [6.45, 7) is 4.25. The first kappa shape index (κ1) is 16.3. The Labute approximate surface area is 157 Å². The Morgan fingerprint density at radius 1 is 1.00 bits per heavy atom. The SMILES string of the molecule is Nc1cc(-c2n[nH]c(=O)c3ccccc23)ccc1N1CCN(C2CC2)CC1. The minimum absolute atomic E-state index is 0.174. The quantitative estimate of drug-likeness (QED) is 0.701. The van der Waals surface area contributed by atoms with Crippen LogP contribution in [0, 0.1) is 0 Å². The van der Waals surface area contributed by atoms with E-state index >= 15 is 0 Å². The normalized spacial score (nSPS) is 18.1. The van der Waals surface area contributed by atoms with Gasteiger partial charge in [0.25, 0.3) is 5.56 Å². The van der Waals surface area contributed by atoms with Gasteiger partial charge in [0.05, 0.1) is 22.5 Å². The predicted molar refractivity (Wildman–Crippen MR) is 109 cm³/mol. The number of hydrogen-bond donors (Lipinski definition) is 2. The van der Waals surface area contributed by atoms with Gasteiger partial charge in [-0.2, -0.15) is 5.10 Å². The molecular weight excluding hydrogens is 338 g/mol. The Hall–Kier alpha value is -2.86. The molecule has 0 amide bonds. The number of benzene rings is 2. The second-order valence-electron chi connectivity index (χ2n) is 7.47. The number of hydrogen-bond acceptors (Lipinski definition) is 5. The number of rotatable bonds is 3. The van der Waals surface area contributed by atoms with Crippen LogP contribution in [0.2, 0.25) is 0 Å². The number of H-pyrrole nitrogens is 1. The predicted octanol–water partition coefficient (Wildman–Crippen LogP) is 2.46. The zero-order chi connectivity index (χ0) is 18.4. The molecule has 0 unspecified atom stereocenters. The van der Waals surface area contributed by atoms with Crippen molar-refractivity contribution < 1.29 is 0 Å². The van der Waals surface area contributed by atoms with Crippen LogP contribution in [-0.2, 0) is 0 Å². The molecule has 1 saturated heterocycles. The van der Waals surface area contributed by atoms with Crippen LogP contribution in [0.1, 0.15) is 12.8 Å². The third kappa shape index (κ3) is 2.96. The molecule has 2 fully saturated rings. The van der Waals surface area contributed by atoms with Crippen molar-refractivity contribution >= 4 is 22.1 Å². The molecule has 6 heteroatoms. The van der Waals surface area contributed by atoms with E-state index in [0.29, 0.717) is 5.39 Å². The Morgan fingerprint density at radius 2 is 1.74 bits per heavy atom. The largest absolute Gasteiger partial charge is 0.397 e. The summed E-state index contributed by atoms with van der Waals surface area (Å²) in [5, 5.41) is 8.36. The Kier molecular flexibility index (Phi) is 3.86. The standard InChI is InChI=1S/C21H23N5O/c22-18-13-14(20-16-3-1-2-4-17(16)21(27)24-23-20)5-8-19(18)26-11-9-25(10-12-26)15-6-7-15/h1-5,8,13,15H,6-7,9-12,22H2,(H,24,27). The third-order valence-corrected chi connectivity index (χ3v) is 5.72. The van der Waals surface area contributed by atoms with E-state index in [0.717, 1.165) is 60.2 Å². The molecule has 1 aliphatic carbocycles. The summed E-state index contributed by atoms with van der Waals surface area (Å²) in [5.74, 6) is 0. The summed E-state index contributed by atoms with van der Waals surface area (Å²) in [6.07, 6.45) is 2.72. The first-order chi connectivity index (χ1) is 13.2. The van der Waals surface area contributed by atoms with Crippen molar-refractivity contribution in [2.45, 2.75) is 18.9 Å². The molecule has 0 radical (unpaired) electrons. The van der Waals surface area contributed by atoms with E-state index in [1.807, 2.05) is 36.4 Å². The monoisotopic (exact) mass is 361 g/mol. The second kappa shape index (κ2) is 6.39. The van der Waals surface area contributed by atoms with Crippen molar-refractivity contribution in [1.82, 2.24) is 15.1 Å². The summed E-state index contributed by atoms with van der Waals surface area (Å²) in [5.41, 5.74) is 9.75. The number of aromatic amines is 1. The topological polar surface area (TPSA) is 78.2 Å². The minimum atomic E-state index is -0.174. The first-order valence-electron chi connectivity index (χ1n) is 9.57. The number of aromatic nitrogens is 2. The van der Waals surface area contributed by atoms with Crippen LogP contribution >= 0.6 is 0 Å².